The van der Waals surface area contributed by atoms with Gasteiger partial charge >= 0.3 is 0 Å². The van der Waals surface area contributed by atoms with Crippen molar-refractivity contribution in [1.82, 2.24) is 0 Å². The van der Waals surface area contributed by atoms with Crippen molar-refractivity contribution in [1.29, 1.82) is 0 Å². The first kappa shape index (κ1) is 22.4. The van der Waals surface area contributed by atoms with Crippen LogP contribution in [-0.2, 0) is 0 Å². The maximum absolute atomic E-state index is 6.56. The van der Waals surface area contributed by atoms with Crippen molar-refractivity contribution >= 4 is 38.3 Å². The van der Waals surface area contributed by atoms with Crippen LogP contribution in [0.15, 0.2) is 30.3 Å². The summed E-state index contributed by atoms with van der Waals surface area (Å²) in [6, 6.07) is 10.1. The molecule has 0 aliphatic carbocycles. The van der Waals surface area contributed by atoms with E-state index in [9.17, 15) is 0 Å². The Kier molecular flexibility index (Phi) is 11.0. The summed E-state index contributed by atoms with van der Waals surface area (Å²) < 4.78 is 11.8. The Hall–Kier alpha value is -0.930. The molecule has 4 heteroatoms. The molecule has 0 unspecified atom stereocenters. The average molecular weight is 456 g/mol. The normalized spacial score (nSPS) is 11.1. The van der Waals surface area contributed by atoms with E-state index >= 15 is 0 Å². The number of unbranched alkanes of at least 4 members (excludes halogenated alkanes) is 7. The van der Waals surface area contributed by atoms with Crippen LogP contribution in [0.2, 0.25) is 5.02 Å². The summed E-state index contributed by atoms with van der Waals surface area (Å²) >= 11 is 10.0. The Bertz CT molecular complexity index is 675. The largest absolute Gasteiger partial charge is 0.494 e. The van der Waals surface area contributed by atoms with Gasteiger partial charge in [0.05, 0.1) is 18.2 Å². The third-order valence-electron chi connectivity index (χ3n) is 4.69. The van der Waals surface area contributed by atoms with Crippen LogP contribution in [0.3, 0.4) is 0 Å². The molecular weight excluding hydrogens is 424 g/mol. The molecule has 2 rings (SSSR count). The van der Waals surface area contributed by atoms with Crippen LogP contribution in [0, 0.1) is 0 Å². The fourth-order valence-electron chi connectivity index (χ4n) is 3.08. The van der Waals surface area contributed by atoms with Crippen LogP contribution in [-0.4, -0.2) is 18.5 Å². The van der Waals surface area contributed by atoms with E-state index in [1.807, 2.05) is 18.2 Å². The molecule has 0 N–H and O–H groups in total. The number of benzene rings is 2. The van der Waals surface area contributed by atoms with Crippen molar-refractivity contribution < 1.29 is 9.47 Å². The lowest BCUT2D eigenvalue weighted by Gasteiger charge is -2.12. The van der Waals surface area contributed by atoms with Gasteiger partial charge in [-0.3, -0.25) is 0 Å². The fourth-order valence-corrected chi connectivity index (χ4v) is 3.77. The van der Waals surface area contributed by atoms with E-state index in [4.69, 9.17) is 21.1 Å². The number of alkyl halides is 1. The topological polar surface area (TPSA) is 18.5 Å². The zero-order valence-electron chi connectivity index (χ0n) is 16.4. The molecule has 0 spiro atoms. The smallest absolute Gasteiger partial charge is 0.138 e. The first-order valence-electron chi connectivity index (χ1n) is 10.3. The molecule has 150 valence electrons. The lowest BCUT2D eigenvalue weighted by atomic mass is 10.1. The molecule has 0 heterocycles. The molecular formula is C23H32BrClO2. The summed E-state index contributed by atoms with van der Waals surface area (Å²) in [6.45, 7) is 3.73. The lowest BCUT2D eigenvalue weighted by molar-refractivity contribution is 0.304. The van der Waals surface area contributed by atoms with Gasteiger partial charge < -0.3 is 9.47 Å². The van der Waals surface area contributed by atoms with Crippen LogP contribution >= 0.6 is 27.5 Å². The molecule has 0 aliphatic heterocycles. The minimum absolute atomic E-state index is 0.694. The Morgan fingerprint density at radius 1 is 0.815 bits per heavy atom. The minimum Gasteiger partial charge on any atom is -0.494 e. The van der Waals surface area contributed by atoms with Crippen LogP contribution in [0.4, 0.5) is 0 Å². The van der Waals surface area contributed by atoms with Gasteiger partial charge in [-0.25, -0.2) is 0 Å². The van der Waals surface area contributed by atoms with Crippen LogP contribution in [0.1, 0.15) is 64.7 Å². The monoisotopic (exact) mass is 454 g/mol. The van der Waals surface area contributed by atoms with Gasteiger partial charge in [-0.15, -0.1) is 0 Å². The average Bonchev–Trinajstić information content (AvgIpc) is 2.69. The highest BCUT2D eigenvalue weighted by Gasteiger charge is 2.08. The summed E-state index contributed by atoms with van der Waals surface area (Å²) in [5.41, 5.74) is 0. The molecule has 0 bridgehead atoms. The first-order chi connectivity index (χ1) is 13.3. The Morgan fingerprint density at radius 3 is 2.26 bits per heavy atom. The standard InChI is InChI=1S/C23H32BrClO2/c1-2-3-4-6-9-16-26-20-12-13-21-19(18-20)11-14-22(23(21)25)27-17-10-7-5-8-15-24/h11-14,18H,2-10,15-17H2,1H3. The van der Waals surface area contributed by atoms with E-state index in [-0.39, 0.29) is 0 Å². The van der Waals surface area contributed by atoms with Gasteiger partial charge in [0, 0.05) is 10.7 Å². The summed E-state index contributed by atoms with van der Waals surface area (Å²) in [5.74, 6) is 1.68. The van der Waals surface area contributed by atoms with Gasteiger partial charge in [-0.1, -0.05) is 79.0 Å². The maximum Gasteiger partial charge on any atom is 0.138 e. The number of halogens is 2. The summed E-state index contributed by atoms with van der Waals surface area (Å²) in [7, 11) is 0. The lowest BCUT2D eigenvalue weighted by Crippen LogP contribution is -1.99. The van der Waals surface area contributed by atoms with Crippen molar-refractivity contribution in [3.63, 3.8) is 0 Å². The Labute approximate surface area is 177 Å². The van der Waals surface area contributed by atoms with Crippen molar-refractivity contribution in [2.24, 2.45) is 0 Å². The van der Waals surface area contributed by atoms with Gasteiger partial charge in [0.1, 0.15) is 11.5 Å². The molecule has 0 aromatic heterocycles. The predicted octanol–water partition coefficient (Wildman–Crippen LogP) is 8.18. The third-order valence-corrected chi connectivity index (χ3v) is 5.64. The van der Waals surface area contributed by atoms with E-state index < -0.39 is 0 Å². The molecule has 0 aliphatic rings. The van der Waals surface area contributed by atoms with E-state index in [1.54, 1.807) is 0 Å². The summed E-state index contributed by atoms with van der Waals surface area (Å²) in [5, 5.41) is 3.88. The number of ether oxygens (including phenoxy) is 2. The van der Waals surface area contributed by atoms with Crippen molar-refractivity contribution in [3.05, 3.63) is 35.4 Å². The van der Waals surface area contributed by atoms with Crippen molar-refractivity contribution in [3.8, 4) is 11.5 Å². The predicted molar refractivity (Wildman–Crippen MR) is 121 cm³/mol. The highest BCUT2D eigenvalue weighted by molar-refractivity contribution is 9.09. The fraction of sp³-hybridized carbons (Fsp3) is 0.565. The number of fused-ring (bicyclic) bond motifs is 1. The molecule has 0 radical (unpaired) electrons. The van der Waals surface area contributed by atoms with E-state index in [1.165, 1.54) is 44.9 Å². The number of hydrogen-bond donors (Lipinski definition) is 0. The van der Waals surface area contributed by atoms with E-state index in [2.05, 4.69) is 35.0 Å². The van der Waals surface area contributed by atoms with Gasteiger partial charge in [-0.2, -0.15) is 0 Å². The summed E-state index contributed by atoms with van der Waals surface area (Å²) in [4.78, 5) is 0. The Morgan fingerprint density at radius 2 is 1.52 bits per heavy atom. The Balaban J connectivity index is 1.84. The van der Waals surface area contributed by atoms with Gasteiger partial charge in [0.15, 0.2) is 0 Å². The summed E-state index contributed by atoms with van der Waals surface area (Å²) in [6.07, 6.45) is 11.0. The third kappa shape index (κ3) is 7.91. The molecule has 0 fully saturated rings. The van der Waals surface area contributed by atoms with Crippen molar-refractivity contribution in [2.75, 3.05) is 18.5 Å². The second-order valence-electron chi connectivity index (χ2n) is 6.97. The van der Waals surface area contributed by atoms with Crippen LogP contribution < -0.4 is 9.47 Å². The molecule has 0 amide bonds. The van der Waals surface area contributed by atoms with Gasteiger partial charge in [0.25, 0.3) is 0 Å². The zero-order valence-corrected chi connectivity index (χ0v) is 18.8. The molecule has 0 saturated heterocycles. The first-order valence-corrected chi connectivity index (χ1v) is 11.8. The molecule has 2 aromatic rings. The second kappa shape index (κ2) is 13.3. The van der Waals surface area contributed by atoms with Crippen LogP contribution in [0.25, 0.3) is 10.8 Å². The second-order valence-corrected chi connectivity index (χ2v) is 8.15. The molecule has 2 aromatic carbocycles. The zero-order chi connectivity index (χ0) is 19.3. The number of hydrogen-bond acceptors (Lipinski definition) is 2. The van der Waals surface area contributed by atoms with Gasteiger partial charge in [-0.05, 0) is 48.9 Å². The minimum atomic E-state index is 0.694. The van der Waals surface area contributed by atoms with Gasteiger partial charge in [0.2, 0.25) is 0 Å². The van der Waals surface area contributed by atoms with Crippen molar-refractivity contribution in [2.45, 2.75) is 64.7 Å². The van der Waals surface area contributed by atoms with E-state index in [0.717, 1.165) is 47.1 Å². The van der Waals surface area contributed by atoms with Crippen LogP contribution in [0.5, 0.6) is 11.5 Å². The molecule has 0 atom stereocenters. The SMILES string of the molecule is CCCCCCCOc1ccc2c(Cl)c(OCCCCCCBr)ccc2c1. The maximum atomic E-state index is 6.56. The quantitative estimate of drug-likeness (QED) is 0.211. The molecule has 27 heavy (non-hydrogen) atoms. The highest BCUT2D eigenvalue weighted by Crippen LogP contribution is 2.34. The van der Waals surface area contributed by atoms with E-state index in [0.29, 0.717) is 11.6 Å². The molecule has 2 nitrogen and oxygen atoms in total. The number of rotatable bonds is 14. The highest BCUT2D eigenvalue weighted by atomic mass is 79.9. The molecule has 0 saturated carbocycles.